The van der Waals surface area contributed by atoms with Gasteiger partial charge in [0.25, 0.3) is 0 Å². The molecule has 1 aromatic carbocycles. The highest BCUT2D eigenvalue weighted by Crippen LogP contribution is 2.45. The van der Waals surface area contributed by atoms with Gasteiger partial charge in [-0.05, 0) is 19.4 Å². The van der Waals surface area contributed by atoms with Crippen molar-refractivity contribution in [2.45, 2.75) is 25.9 Å². The number of hydrogen-bond acceptors (Lipinski definition) is 3. The Kier molecular flexibility index (Phi) is 2.92. The average molecular weight is 232 g/mol. The van der Waals surface area contributed by atoms with Crippen molar-refractivity contribution in [2.75, 3.05) is 6.61 Å². The molecule has 2 rings (SSSR count). The predicted molar refractivity (Wildman–Crippen MR) is 65.8 cm³/mol. The van der Waals surface area contributed by atoms with Crippen LogP contribution in [-0.2, 0) is 9.53 Å². The Morgan fingerprint density at radius 1 is 1.41 bits per heavy atom. The molecule has 1 atom stereocenters. The Morgan fingerprint density at radius 2 is 2.12 bits per heavy atom. The molecule has 1 aliphatic heterocycles. The van der Waals surface area contributed by atoms with Crippen molar-refractivity contribution in [1.29, 1.82) is 0 Å². The van der Waals surface area contributed by atoms with Crippen LogP contribution in [0, 0.1) is 0 Å². The van der Waals surface area contributed by atoms with Crippen LogP contribution in [0.1, 0.15) is 25.8 Å². The molecule has 0 aromatic heterocycles. The molecule has 0 radical (unpaired) electrons. The fourth-order valence-corrected chi connectivity index (χ4v) is 2.11. The summed E-state index contributed by atoms with van der Waals surface area (Å²) in [7, 11) is 0. The first kappa shape index (κ1) is 11.7. The van der Waals surface area contributed by atoms with Crippen LogP contribution in [0.3, 0.4) is 0 Å². The average Bonchev–Trinajstić information content (AvgIpc) is 2.64. The first-order valence-electron chi connectivity index (χ1n) is 5.80. The van der Waals surface area contributed by atoms with Gasteiger partial charge in [-0.2, -0.15) is 0 Å². The third-order valence-corrected chi connectivity index (χ3v) is 3.09. The quantitative estimate of drug-likeness (QED) is 0.752. The number of fused-ring (bicyclic) bond motifs is 1. The van der Waals surface area contributed by atoms with E-state index in [0.29, 0.717) is 24.4 Å². The van der Waals surface area contributed by atoms with E-state index >= 15 is 0 Å². The second-order valence-electron chi connectivity index (χ2n) is 3.98. The number of carbonyl (C=O) groups excluding carboxylic acids is 1. The maximum absolute atomic E-state index is 12.1. The third kappa shape index (κ3) is 1.62. The fourth-order valence-electron chi connectivity index (χ4n) is 2.11. The standard InChI is InChI=1S/C14H16O3/c1-4-14(13(15)16-5-2)10(3)11-8-6-7-9-12(11)17-14/h6-9H,3-5H2,1-2H3. The number of rotatable bonds is 3. The molecule has 0 spiro atoms. The first-order chi connectivity index (χ1) is 8.15. The molecule has 3 nitrogen and oxygen atoms in total. The number of esters is 1. The number of ether oxygens (including phenoxy) is 2. The van der Waals surface area contributed by atoms with Gasteiger partial charge in [0.15, 0.2) is 0 Å². The van der Waals surface area contributed by atoms with Crippen molar-refractivity contribution in [3.63, 3.8) is 0 Å². The lowest BCUT2D eigenvalue weighted by atomic mass is 9.89. The molecule has 3 heteroatoms. The topological polar surface area (TPSA) is 35.5 Å². The van der Waals surface area contributed by atoms with Crippen LogP contribution >= 0.6 is 0 Å². The maximum Gasteiger partial charge on any atom is 0.355 e. The van der Waals surface area contributed by atoms with E-state index < -0.39 is 5.60 Å². The van der Waals surface area contributed by atoms with Gasteiger partial charge in [-0.25, -0.2) is 4.79 Å². The van der Waals surface area contributed by atoms with Gasteiger partial charge >= 0.3 is 5.97 Å². The van der Waals surface area contributed by atoms with E-state index in [0.717, 1.165) is 5.56 Å². The van der Waals surface area contributed by atoms with Crippen LogP contribution in [0.25, 0.3) is 5.57 Å². The minimum Gasteiger partial charge on any atom is -0.470 e. The van der Waals surface area contributed by atoms with Gasteiger partial charge in [0.2, 0.25) is 5.60 Å². The minimum atomic E-state index is -1.04. The normalized spacial score (nSPS) is 21.9. The summed E-state index contributed by atoms with van der Waals surface area (Å²) < 4.78 is 10.9. The molecule has 0 saturated carbocycles. The van der Waals surface area contributed by atoms with Crippen molar-refractivity contribution in [3.05, 3.63) is 36.4 Å². The zero-order chi connectivity index (χ0) is 12.5. The van der Waals surface area contributed by atoms with Crippen molar-refractivity contribution < 1.29 is 14.3 Å². The van der Waals surface area contributed by atoms with Crippen LogP contribution in [0.2, 0.25) is 0 Å². The second-order valence-corrected chi connectivity index (χ2v) is 3.98. The Morgan fingerprint density at radius 3 is 2.71 bits per heavy atom. The highest BCUT2D eigenvalue weighted by molar-refractivity contribution is 5.99. The summed E-state index contributed by atoms with van der Waals surface area (Å²) in [6, 6.07) is 7.54. The Balaban J connectivity index is 2.41. The van der Waals surface area contributed by atoms with Crippen molar-refractivity contribution in [2.24, 2.45) is 0 Å². The van der Waals surface area contributed by atoms with Crippen LogP contribution in [-0.4, -0.2) is 18.2 Å². The van der Waals surface area contributed by atoms with Crippen LogP contribution in [0.5, 0.6) is 5.75 Å². The number of hydrogen-bond donors (Lipinski definition) is 0. The molecular formula is C14H16O3. The summed E-state index contributed by atoms with van der Waals surface area (Å²) in [6.07, 6.45) is 0.513. The second kappa shape index (κ2) is 4.24. The van der Waals surface area contributed by atoms with Gasteiger partial charge in [0, 0.05) is 11.1 Å². The van der Waals surface area contributed by atoms with Crippen molar-refractivity contribution in [3.8, 4) is 5.75 Å². The summed E-state index contributed by atoms with van der Waals surface area (Å²) in [4.78, 5) is 12.1. The fraction of sp³-hybridized carbons (Fsp3) is 0.357. The number of carbonyl (C=O) groups is 1. The lowest BCUT2D eigenvalue weighted by Crippen LogP contribution is -2.43. The van der Waals surface area contributed by atoms with E-state index in [1.165, 1.54) is 0 Å². The van der Waals surface area contributed by atoms with Gasteiger partial charge in [-0.1, -0.05) is 31.7 Å². The Bertz CT molecular complexity index is 464. The van der Waals surface area contributed by atoms with E-state index in [2.05, 4.69) is 6.58 Å². The van der Waals surface area contributed by atoms with Crippen LogP contribution in [0.15, 0.2) is 30.8 Å². The Hall–Kier alpha value is -1.77. The van der Waals surface area contributed by atoms with Gasteiger partial charge in [0.1, 0.15) is 5.75 Å². The van der Waals surface area contributed by atoms with Crippen LogP contribution < -0.4 is 4.74 Å². The molecule has 0 aliphatic carbocycles. The van der Waals surface area contributed by atoms with E-state index in [1.807, 2.05) is 31.2 Å². The maximum atomic E-state index is 12.1. The van der Waals surface area contributed by atoms with Crippen molar-refractivity contribution >= 4 is 11.5 Å². The summed E-state index contributed by atoms with van der Waals surface area (Å²) in [5.74, 6) is 0.344. The summed E-state index contributed by atoms with van der Waals surface area (Å²) in [5, 5.41) is 0. The molecule has 17 heavy (non-hydrogen) atoms. The molecule has 1 heterocycles. The van der Waals surface area contributed by atoms with E-state index in [-0.39, 0.29) is 5.97 Å². The van der Waals surface area contributed by atoms with E-state index in [4.69, 9.17) is 9.47 Å². The SMILES string of the molecule is C=C1c2ccccc2OC1(CC)C(=O)OCC. The van der Waals surface area contributed by atoms with Crippen LogP contribution in [0.4, 0.5) is 0 Å². The molecule has 0 saturated heterocycles. The molecule has 1 unspecified atom stereocenters. The predicted octanol–water partition coefficient (Wildman–Crippen LogP) is 2.80. The summed E-state index contributed by atoms with van der Waals surface area (Å²) in [6.45, 7) is 8.02. The summed E-state index contributed by atoms with van der Waals surface area (Å²) in [5.41, 5.74) is 0.538. The minimum absolute atomic E-state index is 0.341. The monoisotopic (exact) mass is 232 g/mol. The van der Waals surface area contributed by atoms with Gasteiger partial charge in [0.05, 0.1) is 6.61 Å². The molecule has 0 bridgehead atoms. The summed E-state index contributed by atoms with van der Waals surface area (Å²) >= 11 is 0. The highest BCUT2D eigenvalue weighted by atomic mass is 16.6. The lowest BCUT2D eigenvalue weighted by Gasteiger charge is -2.26. The zero-order valence-corrected chi connectivity index (χ0v) is 10.2. The van der Waals surface area contributed by atoms with Gasteiger partial charge in [-0.3, -0.25) is 0 Å². The van der Waals surface area contributed by atoms with Gasteiger partial charge < -0.3 is 9.47 Å². The molecule has 0 amide bonds. The lowest BCUT2D eigenvalue weighted by molar-refractivity contribution is -0.156. The largest absolute Gasteiger partial charge is 0.470 e. The Labute approximate surface area is 101 Å². The zero-order valence-electron chi connectivity index (χ0n) is 10.2. The molecule has 90 valence electrons. The van der Waals surface area contributed by atoms with E-state index in [9.17, 15) is 4.79 Å². The molecular weight excluding hydrogens is 216 g/mol. The smallest absolute Gasteiger partial charge is 0.355 e. The number of para-hydroxylation sites is 1. The molecule has 1 aromatic rings. The first-order valence-corrected chi connectivity index (χ1v) is 5.80. The number of benzene rings is 1. The highest BCUT2D eigenvalue weighted by Gasteiger charge is 2.49. The molecule has 0 N–H and O–H groups in total. The molecule has 1 aliphatic rings. The van der Waals surface area contributed by atoms with E-state index in [1.54, 1.807) is 6.92 Å². The third-order valence-electron chi connectivity index (χ3n) is 3.09. The van der Waals surface area contributed by atoms with Crippen molar-refractivity contribution in [1.82, 2.24) is 0 Å². The molecule has 0 fully saturated rings. The van der Waals surface area contributed by atoms with Gasteiger partial charge in [-0.15, -0.1) is 0 Å².